The number of carbonyl (C=O) groups excluding carboxylic acids is 2. The van der Waals surface area contributed by atoms with Gasteiger partial charge in [0.2, 0.25) is 11.8 Å². The number of hydrogen-bond donors (Lipinski definition) is 1. The van der Waals surface area contributed by atoms with Gasteiger partial charge in [-0.25, -0.2) is 0 Å². The average molecular weight is 388 g/mol. The van der Waals surface area contributed by atoms with Crippen molar-refractivity contribution < 1.29 is 14.3 Å². The van der Waals surface area contributed by atoms with Gasteiger partial charge in [-0.15, -0.1) is 11.3 Å². The van der Waals surface area contributed by atoms with Crippen molar-refractivity contribution in [1.29, 1.82) is 0 Å². The third-order valence-corrected chi connectivity index (χ3v) is 5.81. The van der Waals surface area contributed by atoms with Gasteiger partial charge in [0, 0.05) is 24.4 Å². The van der Waals surface area contributed by atoms with Crippen molar-refractivity contribution >= 4 is 28.8 Å². The maximum atomic E-state index is 12.7. The Morgan fingerprint density at radius 2 is 2.11 bits per heavy atom. The van der Waals surface area contributed by atoms with Gasteiger partial charge in [0.05, 0.1) is 24.8 Å². The molecule has 1 fully saturated rings. The van der Waals surface area contributed by atoms with Gasteiger partial charge in [-0.3, -0.25) is 9.59 Å². The Bertz CT molecular complexity index is 792. The normalized spacial score (nSPS) is 18.0. The molecule has 1 aliphatic heterocycles. The smallest absolute Gasteiger partial charge is 0.227 e. The Labute approximate surface area is 163 Å². The van der Waals surface area contributed by atoms with E-state index in [1.807, 2.05) is 49.8 Å². The molecule has 0 radical (unpaired) electrons. The first-order chi connectivity index (χ1) is 13.0. The lowest BCUT2D eigenvalue weighted by Gasteiger charge is -2.24. The number of benzene rings is 1. The Morgan fingerprint density at radius 3 is 2.78 bits per heavy atom. The summed E-state index contributed by atoms with van der Waals surface area (Å²) in [7, 11) is 5.58. The number of rotatable bonds is 7. The summed E-state index contributed by atoms with van der Waals surface area (Å²) in [6.07, 6.45) is 0.218. The molecular weight excluding hydrogens is 362 g/mol. The van der Waals surface area contributed by atoms with Crippen molar-refractivity contribution in [3.8, 4) is 5.75 Å². The van der Waals surface area contributed by atoms with Gasteiger partial charge in [0.25, 0.3) is 0 Å². The number of thiophene rings is 1. The second-order valence-electron chi connectivity index (χ2n) is 6.82. The van der Waals surface area contributed by atoms with E-state index in [9.17, 15) is 9.59 Å². The molecule has 2 aromatic rings. The van der Waals surface area contributed by atoms with Crippen molar-refractivity contribution in [3.63, 3.8) is 0 Å². The van der Waals surface area contributed by atoms with Crippen molar-refractivity contribution in [2.45, 2.75) is 12.5 Å². The number of amides is 2. The number of nitrogens with one attached hydrogen (secondary N) is 1. The molecule has 2 heterocycles. The SMILES string of the molecule is COc1ccccc1N1CC(C(=O)NCC(c2cccs2)N(C)C)CC1=O. The summed E-state index contributed by atoms with van der Waals surface area (Å²) in [5.74, 6) is 0.150. The second-order valence-corrected chi connectivity index (χ2v) is 7.80. The summed E-state index contributed by atoms with van der Waals surface area (Å²) in [6.45, 7) is 0.891. The van der Waals surface area contributed by atoms with E-state index in [-0.39, 0.29) is 30.2 Å². The average Bonchev–Trinajstić information content (AvgIpc) is 3.31. The van der Waals surface area contributed by atoms with Crippen LogP contribution in [0.5, 0.6) is 5.75 Å². The lowest BCUT2D eigenvalue weighted by atomic mass is 10.1. The van der Waals surface area contributed by atoms with Gasteiger partial charge in [-0.05, 0) is 37.7 Å². The fourth-order valence-corrected chi connectivity index (χ4v) is 4.25. The maximum absolute atomic E-state index is 12.7. The van der Waals surface area contributed by atoms with Crippen molar-refractivity contribution in [3.05, 3.63) is 46.7 Å². The summed E-state index contributed by atoms with van der Waals surface area (Å²) in [5.41, 5.74) is 0.713. The summed E-state index contributed by atoms with van der Waals surface area (Å²) in [5, 5.41) is 5.07. The Hall–Kier alpha value is -2.38. The number of nitrogens with zero attached hydrogens (tertiary/aromatic N) is 2. The molecule has 1 aliphatic rings. The molecule has 3 rings (SSSR count). The van der Waals surface area contributed by atoms with E-state index < -0.39 is 0 Å². The molecule has 0 bridgehead atoms. The number of ether oxygens (including phenoxy) is 1. The van der Waals surface area contributed by atoms with E-state index in [1.165, 1.54) is 4.88 Å². The molecule has 7 heteroatoms. The molecule has 1 aromatic carbocycles. The van der Waals surface area contributed by atoms with E-state index in [0.717, 1.165) is 0 Å². The van der Waals surface area contributed by atoms with Crippen LogP contribution in [-0.4, -0.2) is 51.0 Å². The van der Waals surface area contributed by atoms with Gasteiger partial charge in [0.1, 0.15) is 5.75 Å². The monoisotopic (exact) mass is 387 g/mol. The molecule has 0 aliphatic carbocycles. The molecule has 2 atom stereocenters. The first kappa shape index (κ1) is 19.4. The van der Waals surface area contributed by atoms with Crippen LogP contribution in [0, 0.1) is 5.92 Å². The summed E-state index contributed by atoms with van der Waals surface area (Å²) >= 11 is 1.68. The van der Waals surface area contributed by atoms with Crippen LogP contribution in [-0.2, 0) is 9.59 Å². The van der Waals surface area contributed by atoms with Crippen LogP contribution in [0.25, 0.3) is 0 Å². The molecule has 0 spiro atoms. The third-order valence-electron chi connectivity index (χ3n) is 4.84. The molecule has 1 aromatic heterocycles. The predicted molar refractivity (Wildman–Crippen MR) is 107 cm³/mol. The first-order valence-corrected chi connectivity index (χ1v) is 9.80. The standard InChI is InChI=1S/C20H25N3O3S/c1-22(2)16(18-9-6-10-27-18)12-21-20(25)14-11-19(24)23(13-14)15-7-4-5-8-17(15)26-3/h4-10,14,16H,11-13H2,1-3H3,(H,21,25). The van der Waals surface area contributed by atoms with Gasteiger partial charge in [0.15, 0.2) is 0 Å². The summed E-state index contributed by atoms with van der Waals surface area (Å²) in [6, 6.07) is 11.6. The highest BCUT2D eigenvalue weighted by atomic mass is 32.1. The minimum atomic E-state index is -0.353. The highest BCUT2D eigenvalue weighted by Gasteiger charge is 2.36. The maximum Gasteiger partial charge on any atom is 0.227 e. The number of para-hydroxylation sites is 2. The fraction of sp³-hybridized carbons (Fsp3) is 0.400. The number of anilines is 1. The van der Waals surface area contributed by atoms with E-state index in [0.29, 0.717) is 24.5 Å². The van der Waals surface area contributed by atoms with Crippen LogP contribution in [0.3, 0.4) is 0 Å². The van der Waals surface area contributed by atoms with Crippen LogP contribution in [0.15, 0.2) is 41.8 Å². The lowest BCUT2D eigenvalue weighted by molar-refractivity contribution is -0.126. The van der Waals surface area contributed by atoms with E-state index >= 15 is 0 Å². The highest BCUT2D eigenvalue weighted by Crippen LogP contribution is 2.33. The predicted octanol–water partition coefficient (Wildman–Crippen LogP) is 2.53. The summed E-state index contributed by atoms with van der Waals surface area (Å²) < 4.78 is 5.35. The van der Waals surface area contributed by atoms with Crippen molar-refractivity contribution in [2.24, 2.45) is 5.92 Å². The van der Waals surface area contributed by atoms with Crippen LogP contribution in [0.1, 0.15) is 17.3 Å². The lowest BCUT2D eigenvalue weighted by Crippen LogP contribution is -2.38. The second kappa shape index (κ2) is 8.54. The molecule has 2 amide bonds. The topological polar surface area (TPSA) is 61.9 Å². The minimum Gasteiger partial charge on any atom is -0.495 e. The molecule has 1 N–H and O–H groups in total. The largest absolute Gasteiger partial charge is 0.495 e. The van der Waals surface area contributed by atoms with Crippen LogP contribution < -0.4 is 15.0 Å². The Kier molecular flexibility index (Phi) is 6.13. The van der Waals surface area contributed by atoms with Crippen LogP contribution >= 0.6 is 11.3 Å². The fourth-order valence-electron chi connectivity index (χ4n) is 3.33. The van der Waals surface area contributed by atoms with E-state index in [1.54, 1.807) is 23.3 Å². The first-order valence-electron chi connectivity index (χ1n) is 8.92. The number of methoxy groups -OCH3 is 1. The third kappa shape index (κ3) is 4.31. The van der Waals surface area contributed by atoms with Crippen molar-refractivity contribution in [1.82, 2.24) is 10.2 Å². The quantitative estimate of drug-likeness (QED) is 0.793. The van der Waals surface area contributed by atoms with E-state index in [2.05, 4.69) is 16.3 Å². The molecular formula is C20H25N3O3S. The number of likely N-dealkylation sites (N-methyl/N-ethyl adjacent to an activating group) is 1. The zero-order valence-corrected chi connectivity index (χ0v) is 16.7. The zero-order chi connectivity index (χ0) is 19.4. The Balaban J connectivity index is 1.64. The highest BCUT2D eigenvalue weighted by molar-refractivity contribution is 7.10. The van der Waals surface area contributed by atoms with E-state index in [4.69, 9.17) is 4.74 Å². The van der Waals surface area contributed by atoms with Gasteiger partial charge >= 0.3 is 0 Å². The number of hydrogen-bond acceptors (Lipinski definition) is 5. The zero-order valence-electron chi connectivity index (χ0n) is 15.8. The minimum absolute atomic E-state index is 0.0536. The Morgan fingerprint density at radius 1 is 1.33 bits per heavy atom. The summed E-state index contributed by atoms with van der Waals surface area (Å²) in [4.78, 5) is 30.1. The molecule has 0 saturated carbocycles. The van der Waals surface area contributed by atoms with Crippen molar-refractivity contribution in [2.75, 3.05) is 39.2 Å². The van der Waals surface area contributed by atoms with Gasteiger partial charge in [-0.1, -0.05) is 18.2 Å². The molecule has 2 unspecified atom stereocenters. The molecule has 1 saturated heterocycles. The molecule has 144 valence electrons. The van der Waals surface area contributed by atoms with Gasteiger partial charge < -0.3 is 19.9 Å². The van der Waals surface area contributed by atoms with Crippen LogP contribution in [0.2, 0.25) is 0 Å². The van der Waals surface area contributed by atoms with Crippen LogP contribution in [0.4, 0.5) is 5.69 Å². The molecule has 6 nitrogen and oxygen atoms in total. The molecule has 27 heavy (non-hydrogen) atoms. The number of carbonyl (C=O) groups is 2. The van der Waals surface area contributed by atoms with Gasteiger partial charge in [-0.2, -0.15) is 0 Å².